The number of fused-ring (bicyclic) bond motifs is 2. The molecule has 0 aromatic heterocycles. The molecule has 0 aliphatic heterocycles. The predicted molar refractivity (Wildman–Crippen MR) is 49.9 cm³/mol. The molecule has 0 saturated heterocycles. The summed E-state index contributed by atoms with van der Waals surface area (Å²) in [6.45, 7) is 2.08. The Morgan fingerprint density at radius 3 is 2.67 bits per heavy atom. The minimum Gasteiger partial charge on any atom is -0.393 e. The molecule has 2 saturated carbocycles. The third kappa shape index (κ3) is 1.52. The van der Waals surface area contributed by atoms with Crippen LogP contribution in [0.15, 0.2) is 0 Å². The molecule has 0 aromatic rings. The molecule has 4 atom stereocenters. The first-order valence-electron chi connectivity index (χ1n) is 5.47. The van der Waals surface area contributed by atoms with E-state index in [9.17, 15) is 5.11 Å². The Balaban J connectivity index is 1.82. The van der Waals surface area contributed by atoms with Crippen molar-refractivity contribution in [1.82, 2.24) is 0 Å². The van der Waals surface area contributed by atoms with Crippen LogP contribution in [0.2, 0.25) is 0 Å². The predicted octanol–water partition coefficient (Wildman–Crippen LogP) is 2.58. The lowest BCUT2D eigenvalue weighted by Crippen LogP contribution is -2.17. The van der Waals surface area contributed by atoms with Gasteiger partial charge in [-0.3, -0.25) is 0 Å². The van der Waals surface area contributed by atoms with Crippen molar-refractivity contribution >= 4 is 0 Å². The molecule has 2 aliphatic carbocycles. The van der Waals surface area contributed by atoms with Crippen molar-refractivity contribution < 1.29 is 5.11 Å². The normalized spacial score (nSPS) is 42.0. The van der Waals surface area contributed by atoms with Gasteiger partial charge in [0.15, 0.2) is 0 Å². The van der Waals surface area contributed by atoms with E-state index in [4.69, 9.17) is 0 Å². The highest BCUT2D eigenvalue weighted by atomic mass is 16.3. The Bertz CT molecular complexity index is 155. The van der Waals surface area contributed by atoms with E-state index in [1.165, 1.54) is 25.7 Å². The van der Waals surface area contributed by atoms with Crippen LogP contribution in [0.3, 0.4) is 0 Å². The van der Waals surface area contributed by atoms with Crippen LogP contribution in [0.5, 0.6) is 0 Å². The van der Waals surface area contributed by atoms with Crippen molar-refractivity contribution in [2.75, 3.05) is 0 Å². The van der Waals surface area contributed by atoms with E-state index in [1.807, 2.05) is 0 Å². The average molecular weight is 168 g/mol. The first kappa shape index (κ1) is 8.55. The molecular formula is C11H20O. The highest BCUT2D eigenvalue weighted by Crippen LogP contribution is 2.49. The first-order valence-corrected chi connectivity index (χ1v) is 5.47. The number of aliphatic hydroxyl groups is 1. The lowest BCUT2D eigenvalue weighted by atomic mass is 9.84. The van der Waals surface area contributed by atoms with Gasteiger partial charge < -0.3 is 5.11 Å². The zero-order valence-electron chi connectivity index (χ0n) is 8.00. The van der Waals surface area contributed by atoms with Gasteiger partial charge in [0.2, 0.25) is 0 Å². The largest absolute Gasteiger partial charge is 0.393 e. The van der Waals surface area contributed by atoms with Crippen LogP contribution in [0.4, 0.5) is 0 Å². The van der Waals surface area contributed by atoms with Gasteiger partial charge in [0.05, 0.1) is 6.10 Å². The molecule has 2 bridgehead atoms. The fourth-order valence-electron chi connectivity index (χ4n) is 3.18. The fraction of sp³-hybridized carbons (Fsp3) is 1.00. The number of aliphatic hydroxyl groups excluding tert-OH is 1. The molecule has 0 radical (unpaired) electrons. The number of rotatable bonds is 3. The molecule has 0 amide bonds. The van der Waals surface area contributed by atoms with Gasteiger partial charge in [-0.1, -0.05) is 13.3 Å². The Labute approximate surface area is 75.2 Å². The lowest BCUT2D eigenvalue weighted by molar-refractivity contribution is 0.121. The molecule has 12 heavy (non-hydrogen) atoms. The quantitative estimate of drug-likeness (QED) is 0.686. The summed E-state index contributed by atoms with van der Waals surface area (Å²) in [6, 6.07) is 0. The minimum absolute atomic E-state index is 0.0191. The molecule has 1 nitrogen and oxygen atoms in total. The van der Waals surface area contributed by atoms with E-state index in [-0.39, 0.29) is 6.10 Å². The van der Waals surface area contributed by atoms with Crippen LogP contribution in [0.1, 0.15) is 45.4 Å². The van der Waals surface area contributed by atoms with E-state index in [0.29, 0.717) is 0 Å². The van der Waals surface area contributed by atoms with Gasteiger partial charge in [-0.15, -0.1) is 0 Å². The van der Waals surface area contributed by atoms with Crippen LogP contribution in [-0.2, 0) is 0 Å². The molecule has 0 spiro atoms. The summed E-state index contributed by atoms with van der Waals surface area (Å²) >= 11 is 0. The van der Waals surface area contributed by atoms with Gasteiger partial charge in [0.25, 0.3) is 0 Å². The summed E-state index contributed by atoms with van der Waals surface area (Å²) in [6.07, 6.45) is 7.82. The average Bonchev–Trinajstić information content (AvgIpc) is 2.64. The maximum absolute atomic E-state index is 9.55. The van der Waals surface area contributed by atoms with Gasteiger partial charge >= 0.3 is 0 Å². The first-order chi connectivity index (χ1) is 5.79. The summed E-state index contributed by atoms with van der Waals surface area (Å²) < 4.78 is 0. The van der Waals surface area contributed by atoms with Gasteiger partial charge in [-0.05, 0) is 49.9 Å². The van der Waals surface area contributed by atoms with Crippen LogP contribution in [-0.4, -0.2) is 11.2 Å². The maximum atomic E-state index is 9.55. The number of hydrogen-bond donors (Lipinski definition) is 1. The summed E-state index contributed by atoms with van der Waals surface area (Å²) in [5, 5.41) is 9.55. The van der Waals surface area contributed by atoms with Crippen molar-refractivity contribution in [3.8, 4) is 0 Å². The van der Waals surface area contributed by atoms with E-state index in [2.05, 4.69) is 6.92 Å². The minimum atomic E-state index is -0.0191. The van der Waals surface area contributed by atoms with Gasteiger partial charge in [0, 0.05) is 0 Å². The molecule has 0 heterocycles. The maximum Gasteiger partial charge on any atom is 0.0540 e. The molecule has 0 aromatic carbocycles. The standard InChI is InChI=1S/C11H20O/c1-2-11(12)7-10-6-8-3-4-9(10)5-8/h8-12H,2-7H2,1H3. The zero-order valence-corrected chi connectivity index (χ0v) is 8.00. The topological polar surface area (TPSA) is 20.2 Å². The van der Waals surface area contributed by atoms with Gasteiger partial charge in [-0.2, -0.15) is 0 Å². The highest BCUT2D eigenvalue weighted by Gasteiger charge is 2.39. The number of hydrogen-bond acceptors (Lipinski definition) is 1. The second kappa shape index (κ2) is 3.37. The Kier molecular flexibility index (Phi) is 2.40. The van der Waals surface area contributed by atoms with E-state index < -0.39 is 0 Å². The third-order valence-corrected chi connectivity index (χ3v) is 3.93. The summed E-state index contributed by atoms with van der Waals surface area (Å²) in [5.74, 6) is 2.89. The summed E-state index contributed by atoms with van der Waals surface area (Å²) in [5.41, 5.74) is 0. The van der Waals surface area contributed by atoms with Crippen molar-refractivity contribution in [1.29, 1.82) is 0 Å². The van der Waals surface area contributed by atoms with Crippen molar-refractivity contribution in [2.45, 2.75) is 51.6 Å². The second-order valence-corrected chi connectivity index (χ2v) is 4.73. The zero-order chi connectivity index (χ0) is 8.55. The van der Waals surface area contributed by atoms with Crippen LogP contribution in [0, 0.1) is 17.8 Å². The molecule has 2 rings (SSSR count). The molecule has 2 aliphatic rings. The molecule has 4 unspecified atom stereocenters. The van der Waals surface area contributed by atoms with E-state index in [1.54, 1.807) is 0 Å². The Morgan fingerprint density at radius 1 is 1.33 bits per heavy atom. The lowest BCUT2D eigenvalue weighted by Gasteiger charge is -2.23. The molecule has 70 valence electrons. The van der Waals surface area contributed by atoms with Crippen molar-refractivity contribution in [3.63, 3.8) is 0 Å². The summed E-state index contributed by atoms with van der Waals surface area (Å²) in [7, 11) is 0. The van der Waals surface area contributed by atoms with Gasteiger partial charge in [-0.25, -0.2) is 0 Å². The Hall–Kier alpha value is -0.0400. The molecule has 1 heteroatoms. The van der Waals surface area contributed by atoms with Crippen molar-refractivity contribution in [2.24, 2.45) is 17.8 Å². The molecule has 2 fully saturated rings. The smallest absolute Gasteiger partial charge is 0.0540 e. The second-order valence-electron chi connectivity index (χ2n) is 4.73. The van der Waals surface area contributed by atoms with Crippen LogP contribution < -0.4 is 0 Å². The van der Waals surface area contributed by atoms with Crippen molar-refractivity contribution in [3.05, 3.63) is 0 Å². The SMILES string of the molecule is CCC(O)CC1CC2CCC1C2. The van der Waals surface area contributed by atoms with Crippen LogP contribution >= 0.6 is 0 Å². The molecule has 1 N–H and O–H groups in total. The highest BCUT2D eigenvalue weighted by molar-refractivity contribution is 4.90. The molecular weight excluding hydrogens is 148 g/mol. The van der Waals surface area contributed by atoms with E-state index in [0.717, 1.165) is 30.6 Å². The third-order valence-electron chi connectivity index (χ3n) is 3.93. The van der Waals surface area contributed by atoms with E-state index >= 15 is 0 Å². The summed E-state index contributed by atoms with van der Waals surface area (Å²) in [4.78, 5) is 0. The van der Waals surface area contributed by atoms with Crippen LogP contribution in [0.25, 0.3) is 0 Å². The monoisotopic (exact) mass is 168 g/mol. The Morgan fingerprint density at radius 2 is 2.17 bits per heavy atom. The fourth-order valence-corrected chi connectivity index (χ4v) is 3.18. The van der Waals surface area contributed by atoms with Gasteiger partial charge in [0.1, 0.15) is 0 Å².